The van der Waals surface area contributed by atoms with E-state index in [0.717, 1.165) is 6.29 Å². The lowest BCUT2D eigenvalue weighted by Crippen LogP contribution is -2.19. The zero-order chi connectivity index (χ0) is 12.0. The molecule has 0 aromatic heterocycles. The van der Waals surface area contributed by atoms with Crippen LogP contribution in [0.1, 0.15) is 17.3 Å². The number of aldehydes is 1. The van der Waals surface area contributed by atoms with Crippen molar-refractivity contribution in [2.75, 3.05) is 13.7 Å². The summed E-state index contributed by atoms with van der Waals surface area (Å²) >= 11 is 0. The summed E-state index contributed by atoms with van der Waals surface area (Å²) in [5, 5.41) is 0. The second-order valence-corrected chi connectivity index (χ2v) is 3.42. The predicted molar refractivity (Wildman–Crippen MR) is 58.5 cm³/mol. The van der Waals surface area contributed by atoms with E-state index >= 15 is 0 Å². The maximum atomic E-state index is 11.1. The Morgan fingerprint density at radius 3 is 2.50 bits per heavy atom. The van der Waals surface area contributed by atoms with Crippen molar-refractivity contribution in [2.45, 2.75) is 6.92 Å². The molecule has 16 heavy (non-hydrogen) atoms. The van der Waals surface area contributed by atoms with Gasteiger partial charge >= 0.3 is 5.97 Å². The van der Waals surface area contributed by atoms with Crippen LogP contribution in [0.3, 0.4) is 0 Å². The number of hydrogen-bond acceptors (Lipinski definition) is 4. The summed E-state index contributed by atoms with van der Waals surface area (Å²) in [6.07, 6.45) is 0.765. The van der Waals surface area contributed by atoms with E-state index in [0.29, 0.717) is 11.3 Å². The number of carbonyl (C=O) groups is 2. The highest BCUT2D eigenvalue weighted by Crippen LogP contribution is 2.12. The largest absolute Gasteiger partial charge is 0.493 e. The van der Waals surface area contributed by atoms with Gasteiger partial charge in [-0.3, -0.25) is 9.59 Å². The summed E-state index contributed by atoms with van der Waals surface area (Å²) in [4.78, 5) is 21.5. The Morgan fingerprint density at radius 2 is 2.00 bits per heavy atom. The van der Waals surface area contributed by atoms with Gasteiger partial charge in [-0.2, -0.15) is 0 Å². The first-order chi connectivity index (χ1) is 7.67. The number of methoxy groups -OCH3 is 1. The van der Waals surface area contributed by atoms with Crippen LogP contribution in [-0.2, 0) is 9.53 Å². The first-order valence-corrected chi connectivity index (χ1v) is 4.93. The molecule has 0 fully saturated rings. The van der Waals surface area contributed by atoms with Crippen molar-refractivity contribution >= 4 is 12.3 Å². The lowest BCUT2D eigenvalue weighted by molar-refractivity contribution is -0.145. The van der Waals surface area contributed by atoms with Crippen LogP contribution in [0.15, 0.2) is 24.3 Å². The van der Waals surface area contributed by atoms with Crippen LogP contribution >= 0.6 is 0 Å². The average molecular weight is 222 g/mol. The number of ether oxygens (including phenoxy) is 2. The smallest absolute Gasteiger partial charge is 0.311 e. The number of benzene rings is 1. The predicted octanol–water partition coefficient (Wildman–Crippen LogP) is 1.69. The molecule has 0 aliphatic rings. The fourth-order valence-electron chi connectivity index (χ4n) is 1.13. The molecule has 4 heteroatoms. The molecule has 1 aromatic rings. The van der Waals surface area contributed by atoms with E-state index in [9.17, 15) is 9.59 Å². The summed E-state index contributed by atoms with van der Waals surface area (Å²) in [5.74, 6) is 0.0154. The molecule has 86 valence electrons. The van der Waals surface area contributed by atoms with E-state index in [4.69, 9.17) is 4.74 Å². The SMILES string of the molecule is COC(=O)C(C)COc1ccc(C=O)cc1. The third kappa shape index (κ3) is 3.38. The second kappa shape index (κ2) is 5.90. The Balaban J connectivity index is 2.48. The maximum absolute atomic E-state index is 11.1. The van der Waals surface area contributed by atoms with E-state index in [2.05, 4.69) is 4.74 Å². The van der Waals surface area contributed by atoms with Gasteiger partial charge in [0, 0.05) is 5.56 Å². The minimum atomic E-state index is -0.309. The van der Waals surface area contributed by atoms with Gasteiger partial charge in [0.2, 0.25) is 0 Å². The van der Waals surface area contributed by atoms with Crippen molar-refractivity contribution in [2.24, 2.45) is 5.92 Å². The standard InChI is InChI=1S/C12H14O4/c1-9(12(14)15-2)8-16-11-5-3-10(7-13)4-6-11/h3-7,9H,8H2,1-2H3. The zero-order valence-electron chi connectivity index (χ0n) is 9.30. The number of carbonyl (C=O) groups excluding carboxylic acids is 2. The fourth-order valence-corrected chi connectivity index (χ4v) is 1.13. The molecule has 1 rings (SSSR count). The van der Waals surface area contributed by atoms with Gasteiger partial charge in [0.1, 0.15) is 18.6 Å². The molecule has 1 atom stereocenters. The molecule has 0 bridgehead atoms. The molecule has 0 aliphatic heterocycles. The summed E-state index contributed by atoms with van der Waals surface area (Å²) < 4.78 is 9.95. The summed E-state index contributed by atoms with van der Waals surface area (Å²) in [5.41, 5.74) is 0.591. The lowest BCUT2D eigenvalue weighted by Gasteiger charge is -2.10. The minimum Gasteiger partial charge on any atom is -0.493 e. The molecule has 4 nitrogen and oxygen atoms in total. The Morgan fingerprint density at radius 1 is 1.38 bits per heavy atom. The van der Waals surface area contributed by atoms with Crippen molar-refractivity contribution in [3.8, 4) is 5.75 Å². The van der Waals surface area contributed by atoms with Gasteiger partial charge in [-0.25, -0.2) is 0 Å². The highest BCUT2D eigenvalue weighted by Gasteiger charge is 2.13. The molecule has 0 amide bonds. The van der Waals surface area contributed by atoms with Gasteiger partial charge in [0.15, 0.2) is 0 Å². The molecular formula is C12H14O4. The Kier molecular flexibility index (Phi) is 4.51. The molecule has 0 N–H and O–H groups in total. The van der Waals surface area contributed by atoms with Crippen LogP contribution in [0.25, 0.3) is 0 Å². The normalized spacial score (nSPS) is 11.6. The quantitative estimate of drug-likeness (QED) is 0.562. The number of rotatable bonds is 5. The van der Waals surface area contributed by atoms with E-state index in [1.165, 1.54) is 7.11 Å². The molecule has 0 aliphatic carbocycles. The topological polar surface area (TPSA) is 52.6 Å². The van der Waals surface area contributed by atoms with Crippen LogP contribution in [0, 0.1) is 5.92 Å². The van der Waals surface area contributed by atoms with Crippen LogP contribution < -0.4 is 4.74 Å². The third-order valence-corrected chi connectivity index (χ3v) is 2.12. The number of hydrogen-bond donors (Lipinski definition) is 0. The van der Waals surface area contributed by atoms with Crippen molar-refractivity contribution in [1.82, 2.24) is 0 Å². The molecule has 1 unspecified atom stereocenters. The highest BCUT2D eigenvalue weighted by atomic mass is 16.5. The maximum Gasteiger partial charge on any atom is 0.311 e. The summed E-state index contributed by atoms with van der Waals surface area (Å²) in [6, 6.07) is 6.69. The lowest BCUT2D eigenvalue weighted by atomic mass is 10.2. The van der Waals surface area contributed by atoms with Crippen LogP contribution in [0.5, 0.6) is 5.75 Å². The van der Waals surface area contributed by atoms with E-state index in [1.807, 2.05) is 0 Å². The van der Waals surface area contributed by atoms with Crippen molar-refractivity contribution in [3.05, 3.63) is 29.8 Å². The van der Waals surface area contributed by atoms with Gasteiger partial charge in [0.25, 0.3) is 0 Å². The van der Waals surface area contributed by atoms with Crippen molar-refractivity contribution in [3.63, 3.8) is 0 Å². The van der Waals surface area contributed by atoms with Crippen LogP contribution in [-0.4, -0.2) is 26.0 Å². The molecule has 0 heterocycles. The monoisotopic (exact) mass is 222 g/mol. The molecule has 0 saturated heterocycles. The van der Waals surface area contributed by atoms with Gasteiger partial charge in [-0.1, -0.05) is 0 Å². The van der Waals surface area contributed by atoms with Crippen molar-refractivity contribution in [1.29, 1.82) is 0 Å². The Hall–Kier alpha value is -1.84. The second-order valence-electron chi connectivity index (χ2n) is 3.42. The van der Waals surface area contributed by atoms with Gasteiger partial charge in [-0.15, -0.1) is 0 Å². The van der Waals surface area contributed by atoms with Crippen molar-refractivity contribution < 1.29 is 19.1 Å². The van der Waals surface area contributed by atoms with Gasteiger partial charge in [0.05, 0.1) is 13.0 Å². The number of esters is 1. The van der Waals surface area contributed by atoms with Crippen LogP contribution in [0.4, 0.5) is 0 Å². The summed E-state index contributed by atoms with van der Waals surface area (Å²) in [7, 11) is 1.34. The van der Waals surface area contributed by atoms with Crippen LogP contribution in [0.2, 0.25) is 0 Å². The molecular weight excluding hydrogens is 208 g/mol. The molecule has 0 radical (unpaired) electrons. The first kappa shape index (κ1) is 12.2. The fraction of sp³-hybridized carbons (Fsp3) is 0.333. The summed E-state index contributed by atoms with van der Waals surface area (Å²) in [6.45, 7) is 1.98. The van der Waals surface area contributed by atoms with E-state index in [-0.39, 0.29) is 18.5 Å². The minimum absolute atomic E-state index is 0.257. The van der Waals surface area contributed by atoms with E-state index in [1.54, 1.807) is 31.2 Å². The average Bonchev–Trinajstić information content (AvgIpc) is 2.35. The van der Waals surface area contributed by atoms with E-state index < -0.39 is 0 Å². The molecule has 1 aromatic carbocycles. The molecule has 0 spiro atoms. The van der Waals surface area contributed by atoms with Gasteiger partial charge in [-0.05, 0) is 31.2 Å². The Labute approximate surface area is 94.2 Å². The molecule has 0 saturated carbocycles. The zero-order valence-corrected chi connectivity index (χ0v) is 9.30. The highest BCUT2D eigenvalue weighted by molar-refractivity contribution is 5.74. The van der Waals surface area contributed by atoms with Gasteiger partial charge < -0.3 is 9.47 Å². The Bertz CT molecular complexity index is 356. The first-order valence-electron chi connectivity index (χ1n) is 4.93. The third-order valence-electron chi connectivity index (χ3n) is 2.12.